The van der Waals surface area contributed by atoms with Crippen molar-refractivity contribution in [1.29, 1.82) is 0 Å². The number of likely N-dealkylation sites (N-methyl/N-ethyl adjacent to an activating group) is 1. The smallest absolute Gasteiger partial charge is 0.129 e. The van der Waals surface area contributed by atoms with Crippen molar-refractivity contribution >= 4 is 31.9 Å². The number of halogens is 4. The molecule has 1 unspecified atom stereocenters. The molecule has 5 heteroatoms. The fourth-order valence-corrected chi connectivity index (χ4v) is 3.55. The van der Waals surface area contributed by atoms with Crippen molar-refractivity contribution in [3.05, 3.63) is 68.1 Å². The minimum Gasteiger partial charge on any atom is -0.310 e. The van der Waals surface area contributed by atoms with E-state index in [9.17, 15) is 8.78 Å². The highest BCUT2D eigenvalue weighted by Gasteiger charge is 2.16. The molecule has 112 valence electrons. The average Bonchev–Trinajstić information content (AvgIpc) is 2.41. The van der Waals surface area contributed by atoms with Crippen molar-refractivity contribution < 1.29 is 8.78 Å². The second-order valence-corrected chi connectivity index (χ2v) is 6.49. The van der Waals surface area contributed by atoms with Crippen LogP contribution < -0.4 is 5.32 Å². The van der Waals surface area contributed by atoms with Crippen LogP contribution in [0.1, 0.15) is 24.1 Å². The van der Waals surface area contributed by atoms with Crippen molar-refractivity contribution in [3.63, 3.8) is 0 Å². The summed E-state index contributed by atoms with van der Waals surface area (Å²) >= 11 is 6.96. The molecule has 0 spiro atoms. The summed E-state index contributed by atoms with van der Waals surface area (Å²) in [7, 11) is 0. The van der Waals surface area contributed by atoms with Crippen LogP contribution in [0.3, 0.4) is 0 Å². The largest absolute Gasteiger partial charge is 0.310 e. The molecule has 0 radical (unpaired) electrons. The third kappa shape index (κ3) is 4.34. The van der Waals surface area contributed by atoms with Crippen LogP contribution >= 0.6 is 31.9 Å². The summed E-state index contributed by atoms with van der Waals surface area (Å²) < 4.78 is 28.8. The minimum atomic E-state index is -0.555. The van der Waals surface area contributed by atoms with Gasteiger partial charge in [0.2, 0.25) is 0 Å². The summed E-state index contributed by atoms with van der Waals surface area (Å²) in [5.41, 5.74) is 1.54. The molecular weight excluding hydrogens is 404 g/mol. The van der Waals surface area contributed by atoms with Gasteiger partial charge in [-0.15, -0.1) is 0 Å². The summed E-state index contributed by atoms with van der Waals surface area (Å²) in [5.74, 6) is -1.06. The van der Waals surface area contributed by atoms with Crippen LogP contribution in [0.2, 0.25) is 0 Å². The molecule has 0 aliphatic rings. The van der Waals surface area contributed by atoms with E-state index in [-0.39, 0.29) is 6.04 Å². The number of nitrogens with one attached hydrogen (secondary N) is 1. The predicted molar refractivity (Wildman–Crippen MR) is 88.3 cm³/mol. The lowest BCUT2D eigenvalue weighted by molar-refractivity contribution is 0.520. The summed E-state index contributed by atoms with van der Waals surface area (Å²) in [6, 6.07) is 9.57. The molecule has 0 saturated carbocycles. The topological polar surface area (TPSA) is 12.0 Å². The van der Waals surface area contributed by atoms with Crippen LogP contribution in [-0.4, -0.2) is 6.54 Å². The lowest BCUT2D eigenvalue weighted by Crippen LogP contribution is -2.23. The van der Waals surface area contributed by atoms with Crippen molar-refractivity contribution in [3.8, 4) is 0 Å². The van der Waals surface area contributed by atoms with Crippen LogP contribution in [0, 0.1) is 11.6 Å². The normalized spacial score (nSPS) is 12.4. The van der Waals surface area contributed by atoms with Crippen molar-refractivity contribution in [2.24, 2.45) is 0 Å². The number of benzene rings is 2. The van der Waals surface area contributed by atoms with Crippen LogP contribution in [0.5, 0.6) is 0 Å². The number of hydrogen-bond acceptors (Lipinski definition) is 1. The molecule has 0 amide bonds. The van der Waals surface area contributed by atoms with Gasteiger partial charge in [-0.1, -0.05) is 50.9 Å². The third-order valence-corrected chi connectivity index (χ3v) is 4.41. The molecule has 0 saturated heterocycles. The van der Waals surface area contributed by atoms with Crippen LogP contribution in [-0.2, 0) is 6.42 Å². The van der Waals surface area contributed by atoms with Gasteiger partial charge in [0.1, 0.15) is 11.6 Å². The van der Waals surface area contributed by atoms with E-state index in [0.29, 0.717) is 12.0 Å². The highest BCUT2D eigenvalue weighted by Crippen LogP contribution is 2.29. The summed E-state index contributed by atoms with van der Waals surface area (Å²) in [6.45, 7) is 2.76. The first-order chi connectivity index (χ1) is 10.0. The maximum atomic E-state index is 13.8. The second kappa shape index (κ2) is 7.47. The molecule has 2 aromatic rings. The Kier molecular flexibility index (Phi) is 5.90. The zero-order valence-corrected chi connectivity index (χ0v) is 14.6. The van der Waals surface area contributed by atoms with Gasteiger partial charge in [-0.05, 0) is 42.3 Å². The monoisotopic (exact) mass is 417 g/mol. The second-order valence-electron chi connectivity index (χ2n) is 4.72. The molecular formula is C16H15Br2F2N. The van der Waals surface area contributed by atoms with Gasteiger partial charge < -0.3 is 5.32 Å². The molecule has 0 bridgehead atoms. The first-order valence-corrected chi connectivity index (χ1v) is 8.22. The lowest BCUT2D eigenvalue weighted by Gasteiger charge is -2.20. The Morgan fingerprint density at radius 2 is 1.86 bits per heavy atom. The Hall–Kier alpha value is -0.780. The van der Waals surface area contributed by atoms with Gasteiger partial charge in [-0.25, -0.2) is 8.78 Å². The molecule has 1 atom stereocenters. The highest BCUT2D eigenvalue weighted by molar-refractivity contribution is 9.11. The Morgan fingerprint density at radius 3 is 2.48 bits per heavy atom. The Bertz CT molecular complexity index is 632. The van der Waals surface area contributed by atoms with Crippen LogP contribution in [0.15, 0.2) is 45.3 Å². The van der Waals surface area contributed by atoms with Crippen LogP contribution in [0.25, 0.3) is 0 Å². The lowest BCUT2D eigenvalue weighted by atomic mass is 9.98. The van der Waals surface area contributed by atoms with E-state index in [1.54, 1.807) is 0 Å². The van der Waals surface area contributed by atoms with E-state index in [4.69, 9.17) is 0 Å². The molecule has 2 aromatic carbocycles. The molecule has 1 nitrogen and oxygen atoms in total. The first-order valence-electron chi connectivity index (χ1n) is 6.63. The van der Waals surface area contributed by atoms with Crippen LogP contribution in [0.4, 0.5) is 8.78 Å². The van der Waals surface area contributed by atoms with E-state index >= 15 is 0 Å². The molecule has 2 rings (SSSR count). The zero-order chi connectivity index (χ0) is 15.4. The Labute approximate surface area is 140 Å². The van der Waals surface area contributed by atoms with E-state index in [0.717, 1.165) is 27.1 Å². The zero-order valence-electron chi connectivity index (χ0n) is 11.5. The van der Waals surface area contributed by atoms with E-state index in [1.807, 2.05) is 25.1 Å². The Morgan fingerprint density at radius 1 is 1.10 bits per heavy atom. The van der Waals surface area contributed by atoms with E-state index < -0.39 is 11.6 Å². The van der Waals surface area contributed by atoms with Crippen molar-refractivity contribution in [1.82, 2.24) is 5.32 Å². The van der Waals surface area contributed by atoms with Gasteiger partial charge in [0.15, 0.2) is 0 Å². The van der Waals surface area contributed by atoms with Gasteiger partial charge >= 0.3 is 0 Å². The predicted octanol–water partition coefficient (Wildman–Crippen LogP) is 5.38. The molecule has 0 aliphatic carbocycles. The van der Waals surface area contributed by atoms with Gasteiger partial charge in [0.25, 0.3) is 0 Å². The first kappa shape index (κ1) is 16.6. The van der Waals surface area contributed by atoms with E-state index in [2.05, 4.69) is 37.2 Å². The van der Waals surface area contributed by atoms with Crippen molar-refractivity contribution in [2.75, 3.05) is 6.54 Å². The quantitative estimate of drug-likeness (QED) is 0.686. The summed E-state index contributed by atoms with van der Waals surface area (Å²) in [5, 5.41) is 3.34. The number of rotatable bonds is 5. The van der Waals surface area contributed by atoms with E-state index in [1.165, 1.54) is 12.1 Å². The van der Waals surface area contributed by atoms with Gasteiger partial charge in [-0.2, -0.15) is 0 Å². The summed E-state index contributed by atoms with van der Waals surface area (Å²) in [6.07, 6.45) is 0.459. The van der Waals surface area contributed by atoms with Crippen molar-refractivity contribution in [2.45, 2.75) is 19.4 Å². The Balaban J connectivity index is 2.30. The maximum Gasteiger partial charge on any atom is 0.129 e. The fraction of sp³-hybridized carbons (Fsp3) is 0.250. The minimum absolute atomic E-state index is 0.0440. The molecule has 0 aromatic heterocycles. The fourth-order valence-electron chi connectivity index (χ4n) is 2.23. The molecule has 0 aliphatic heterocycles. The molecule has 1 N–H and O–H groups in total. The number of hydrogen-bond donors (Lipinski definition) is 1. The standard InChI is InChI=1S/C16H15Br2F2N/c1-2-21-16(13-6-4-11(17)8-14(13)18)7-10-3-5-12(19)9-15(10)20/h3-6,8-9,16,21H,2,7H2,1H3. The highest BCUT2D eigenvalue weighted by atomic mass is 79.9. The molecule has 21 heavy (non-hydrogen) atoms. The average molecular weight is 419 g/mol. The van der Waals surface area contributed by atoms with Gasteiger partial charge in [0.05, 0.1) is 0 Å². The van der Waals surface area contributed by atoms with Gasteiger partial charge in [0, 0.05) is 21.1 Å². The molecule has 0 heterocycles. The molecule has 0 fully saturated rings. The third-order valence-electron chi connectivity index (χ3n) is 3.23. The SMILES string of the molecule is CCNC(Cc1ccc(F)cc1F)c1ccc(Br)cc1Br. The van der Waals surface area contributed by atoms with Gasteiger partial charge in [-0.3, -0.25) is 0 Å². The maximum absolute atomic E-state index is 13.8. The summed E-state index contributed by atoms with van der Waals surface area (Å²) in [4.78, 5) is 0.